The number of nitrogens with zero attached hydrogens (tertiary/aromatic N) is 2. The summed E-state index contributed by atoms with van der Waals surface area (Å²) in [5, 5.41) is 0. The molecule has 2 rings (SSSR count). The summed E-state index contributed by atoms with van der Waals surface area (Å²) in [4.78, 5) is 29.4. The van der Waals surface area contributed by atoms with Crippen LogP contribution in [0.4, 0.5) is 0 Å². The molecular formula is C14H20N2O4. The minimum absolute atomic E-state index is 0.134. The fraction of sp³-hybridized carbons (Fsp3) is 0.643. The maximum Gasteiger partial charge on any atom is 0.360 e. The Hall–Kier alpha value is -1.85. The molecule has 1 aromatic rings. The van der Waals surface area contributed by atoms with E-state index in [9.17, 15) is 9.59 Å². The fourth-order valence-corrected chi connectivity index (χ4v) is 2.20. The van der Waals surface area contributed by atoms with E-state index in [0.29, 0.717) is 19.0 Å². The van der Waals surface area contributed by atoms with Gasteiger partial charge >= 0.3 is 5.97 Å². The van der Waals surface area contributed by atoms with Crippen molar-refractivity contribution in [2.45, 2.75) is 39.2 Å². The number of oxazole rings is 1. The molecule has 0 unspecified atom stereocenters. The highest BCUT2D eigenvalue weighted by molar-refractivity contribution is 5.86. The van der Waals surface area contributed by atoms with E-state index in [0.717, 1.165) is 25.7 Å². The third-order valence-corrected chi connectivity index (χ3v) is 3.53. The number of ether oxygens (including phenoxy) is 1. The second kappa shape index (κ2) is 6.54. The maximum absolute atomic E-state index is 12.3. The van der Waals surface area contributed by atoms with E-state index in [-0.39, 0.29) is 17.5 Å². The monoisotopic (exact) mass is 280 g/mol. The first-order valence-electron chi connectivity index (χ1n) is 6.97. The Labute approximate surface area is 118 Å². The van der Waals surface area contributed by atoms with Crippen LogP contribution in [-0.2, 0) is 16.1 Å². The lowest BCUT2D eigenvalue weighted by molar-refractivity contribution is -0.139. The van der Waals surface area contributed by atoms with Crippen LogP contribution < -0.4 is 0 Å². The Bertz CT molecular complexity index is 479. The summed E-state index contributed by atoms with van der Waals surface area (Å²) in [5.41, 5.74) is 0.134. The molecule has 1 aromatic heterocycles. The van der Waals surface area contributed by atoms with Crippen LogP contribution in [0.2, 0.25) is 0 Å². The highest BCUT2D eigenvalue weighted by Crippen LogP contribution is 2.28. The molecule has 0 saturated heterocycles. The molecule has 110 valence electrons. The fourth-order valence-electron chi connectivity index (χ4n) is 2.20. The summed E-state index contributed by atoms with van der Waals surface area (Å²) in [7, 11) is 1.29. The van der Waals surface area contributed by atoms with Crippen LogP contribution in [0.15, 0.2) is 10.7 Å². The van der Waals surface area contributed by atoms with Crippen molar-refractivity contribution in [3.05, 3.63) is 17.8 Å². The average Bonchev–Trinajstić information content (AvgIpc) is 2.83. The van der Waals surface area contributed by atoms with Gasteiger partial charge in [0.2, 0.25) is 11.8 Å². The minimum Gasteiger partial charge on any atom is -0.464 e. The van der Waals surface area contributed by atoms with Gasteiger partial charge in [-0.3, -0.25) is 4.79 Å². The van der Waals surface area contributed by atoms with Gasteiger partial charge in [0.25, 0.3) is 0 Å². The molecule has 0 aromatic carbocycles. The largest absolute Gasteiger partial charge is 0.464 e. The van der Waals surface area contributed by atoms with Crippen LogP contribution in [0.1, 0.15) is 49.0 Å². The van der Waals surface area contributed by atoms with E-state index >= 15 is 0 Å². The zero-order valence-electron chi connectivity index (χ0n) is 11.9. The molecule has 1 amide bonds. The molecular weight excluding hydrogens is 260 g/mol. The van der Waals surface area contributed by atoms with Gasteiger partial charge < -0.3 is 14.1 Å². The second-order valence-electron chi connectivity index (χ2n) is 5.01. The Morgan fingerprint density at radius 1 is 1.50 bits per heavy atom. The summed E-state index contributed by atoms with van der Waals surface area (Å²) >= 11 is 0. The molecule has 6 nitrogen and oxygen atoms in total. The lowest BCUT2D eigenvalue weighted by Gasteiger charge is -2.30. The number of aromatic nitrogens is 1. The summed E-state index contributed by atoms with van der Waals surface area (Å²) < 4.78 is 9.81. The maximum atomic E-state index is 12.3. The molecule has 0 bridgehead atoms. The van der Waals surface area contributed by atoms with Gasteiger partial charge in [-0.2, -0.15) is 0 Å². The smallest absolute Gasteiger partial charge is 0.360 e. The average molecular weight is 280 g/mol. The molecule has 1 fully saturated rings. The highest BCUT2D eigenvalue weighted by atomic mass is 16.5. The number of hydrogen-bond acceptors (Lipinski definition) is 5. The normalized spacial score (nSPS) is 14.7. The molecule has 0 aliphatic heterocycles. The number of esters is 1. The van der Waals surface area contributed by atoms with Crippen LogP contribution in [0, 0.1) is 5.92 Å². The van der Waals surface area contributed by atoms with Gasteiger partial charge in [0.15, 0.2) is 5.69 Å². The number of carbonyl (C=O) groups is 2. The minimum atomic E-state index is -0.535. The van der Waals surface area contributed by atoms with Crippen LogP contribution in [0.5, 0.6) is 0 Å². The van der Waals surface area contributed by atoms with Crippen LogP contribution in [0.25, 0.3) is 0 Å². The standard InChI is InChI=1S/C14H20N2O4/c1-3-7-16(13(17)10-5-4-6-10)8-12-15-11(9-20-12)14(18)19-2/h9-10H,3-8H2,1-2H3. The van der Waals surface area contributed by atoms with Crippen molar-refractivity contribution in [3.8, 4) is 0 Å². The first-order chi connectivity index (χ1) is 9.65. The molecule has 0 spiro atoms. The SMILES string of the molecule is CCCN(Cc1nc(C(=O)OC)co1)C(=O)C1CCC1. The Balaban J connectivity index is 2.01. The van der Waals surface area contributed by atoms with E-state index < -0.39 is 5.97 Å². The van der Waals surface area contributed by atoms with E-state index in [1.165, 1.54) is 13.4 Å². The number of hydrogen-bond donors (Lipinski definition) is 0. The lowest BCUT2D eigenvalue weighted by atomic mass is 9.84. The Kier molecular flexibility index (Phi) is 4.76. The summed E-state index contributed by atoms with van der Waals surface area (Å²) in [6.45, 7) is 3.00. The number of carbonyl (C=O) groups excluding carboxylic acids is 2. The van der Waals surface area contributed by atoms with Crippen molar-refractivity contribution in [1.29, 1.82) is 0 Å². The van der Waals surface area contributed by atoms with Gasteiger partial charge in [-0.15, -0.1) is 0 Å². The van der Waals surface area contributed by atoms with Crippen molar-refractivity contribution in [2.24, 2.45) is 5.92 Å². The zero-order chi connectivity index (χ0) is 14.5. The van der Waals surface area contributed by atoms with Gasteiger partial charge in [0, 0.05) is 12.5 Å². The highest BCUT2D eigenvalue weighted by Gasteiger charge is 2.30. The predicted octanol–water partition coefficient (Wildman–Crippen LogP) is 2.00. The van der Waals surface area contributed by atoms with E-state index in [1.54, 1.807) is 4.90 Å². The van der Waals surface area contributed by atoms with E-state index in [4.69, 9.17) is 4.42 Å². The molecule has 0 radical (unpaired) electrons. The number of methoxy groups -OCH3 is 1. The van der Waals surface area contributed by atoms with Crippen LogP contribution in [-0.4, -0.2) is 35.4 Å². The molecule has 1 aliphatic carbocycles. The molecule has 1 aliphatic rings. The van der Waals surface area contributed by atoms with Crippen LogP contribution >= 0.6 is 0 Å². The quantitative estimate of drug-likeness (QED) is 0.745. The third kappa shape index (κ3) is 3.18. The van der Waals surface area contributed by atoms with Crippen LogP contribution in [0.3, 0.4) is 0 Å². The summed E-state index contributed by atoms with van der Waals surface area (Å²) in [5.74, 6) is 0.145. The van der Waals surface area contributed by atoms with Gasteiger partial charge in [0.1, 0.15) is 6.26 Å². The van der Waals surface area contributed by atoms with Gasteiger partial charge in [0.05, 0.1) is 13.7 Å². The summed E-state index contributed by atoms with van der Waals surface area (Å²) in [6, 6.07) is 0. The zero-order valence-corrected chi connectivity index (χ0v) is 11.9. The first-order valence-corrected chi connectivity index (χ1v) is 6.97. The third-order valence-electron chi connectivity index (χ3n) is 3.53. The number of rotatable bonds is 6. The lowest BCUT2D eigenvalue weighted by Crippen LogP contribution is -2.39. The Morgan fingerprint density at radius 2 is 2.25 bits per heavy atom. The van der Waals surface area contributed by atoms with Crippen molar-refractivity contribution in [2.75, 3.05) is 13.7 Å². The molecule has 6 heteroatoms. The molecule has 20 heavy (non-hydrogen) atoms. The van der Waals surface area contributed by atoms with Gasteiger partial charge in [-0.1, -0.05) is 13.3 Å². The van der Waals surface area contributed by atoms with E-state index in [2.05, 4.69) is 9.72 Å². The Morgan fingerprint density at radius 3 is 2.80 bits per heavy atom. The van der Waals surface area contributed by atoms with Crippen molar-refractivity contribution in [1.82, 2.24) is 9.88 Å². The second-order valence-corrected chi connectivity index (χ2v) is 5.01. The van der Waals surface area contributed by atoms with Gasteiger partial charge in [-0.25, -0.2) is 9.78 Å². The van der Waals surface area contributed by atoms with E-state index in [1.807, 2.05) is 6.92 Å². The molecule has 1 saturated carbocycles. The van der Waals surface area contributed by atoms with Gasteiger partial charge in [-0.05, 0) is 19.3 Å². The molecule has 0 N–H and O–H groups in total. The molecule has 0 atom stereocenters. The topological polar surface area (TPSA) is 72.6 Å². The summed E-state index contributed by atoms with van der Waals surface area (Å²) in [6.07, 6.45) is 5.21. The number of amides is 1. The van der Waals surface area contributed by atoms with Crippen molar-refractivity contribution in [3.63, 3.8) is 0 Å². The predicted molar refractivity (Wildman–Crippen MR) is 70.9 cm³/mol. The van der Waals surface area contributed by atoms with Crippen molar-refractivity contribution >= 4 is 11.9 Å². The molecule has 1 heterocycles. The van der Waals surface area contributed by atoms with Crippen molar-refractivity contribution < 1.29 is 18.7 Å². The first kappa shape index (κ1) is 14.6.